The molecule has 2 aromatic rings. The van der Waals surface area contributed by atoms with Gasteiger partial charge in [-0.3, -0.25) is 9.97 Å². The molecule has 33 heavy (non-hydrogen) atoms. The zero-order chi connectivity index (χ0) is 22.0. The van der Waals surface area contributed by atoms with E-state index in [2.05, 4.69) is 46.0 Å². The van der Waals surface area contributed by atoms with Gasteiger partial charge in [0.15, 0.2) is 0 Å². The van der Waals surface area contributed by atoms with Crippen molar-refractivity contribution in [3.8, 4) is 0 Å². The van der Waals surface area contributed by atoms with Crippen molar-refractivity contribution in [3.05, 3.63) is 59.2 Å². The molecule has 3 rings (SSSR count). The minimum atomic E-state index is 0. The molecule has 1 aliphatic rings. The van der Waals surface area contributed by atoms with Crippen LogP contribution in [-0.2, 0) is 5.75 Å². The number of aromatic nitrogens is 2. The standard InChI is InChI=1S/C10H14ClNS.C10H13NS.C4H9O.CH4.B.K/c1-9-3-4-10(7-12-9)8-13-6-2-5-11;1-8-4-5-9(7-11-8)10-3-2-6-12-10;1-2-3-4-5;;;/h3-4,7H,2,5-6,8H2,1H3;4-5,7,10H,2-3,6H2,1H3;2-4H2,1H3;1H4;;/q;;-1;;;+1. The zero-order valence-electron chi connectivity index (χ0n) is 20.2. The molecule has 2 aromatic heterocycles. The molecular formula is C25H40BClKN2OS2. The maximum Gasteiger partial charge on any atom is 1.00 e. The van der Waals surface area contributed by atoms with E-state index in [9.17, 15) is 5.11 Å². The Hall–Kier alpha value is 0.951. The van der Waals surface area contributed by atoms with Crippen LogP contribution in [0.5, 0.6) is 0 Å². The third-order valence-corrected chi connectivity index (χ3v) is 7.21. The monoisotopic (exact) mass is 533 g/mol. The van der Waals surface area contributed by atoms with Crippen LogP contribution < -0.4 is 56.5 Å². The summed E-state index contributed by atoms with van der Waals surface area (Å²) < 4.78 is 0. The summed E-state index contributed by atoms with van der Waals surface area (Å²) in [6.07, 6.45) is 9.62. The van der Waals surface area contributed by atoms with Gasteiger partial charge in [0, 0.05) is 49.1 Å². The van der Waals surface area contributed by atoms with Crippen LogP contribution >= 0.6 is 35.1 Å². The first-order chi connectivity index (χ1) is 14.6. The third-order valence-electron chi connectivity index (χ3n) is 4.40. The van der Waals surface area contributed by atoms with E-state index in [1.807, 2.05) is 44.9 Å². The molecule has 3 heterocycles. The van der Waals surface area contributed by atoms with Gasteiger partial charge in [-0.05, 0) is 67.9 Å². The van der Waals surface area contributed by atoms with Gasteiger partial charge in [0.25, 0.3) is 0 Å². The number of halogens is 1. The summed E-state index contributed by atoms with van der Waals surface area (Å²) in [6, 6.07) is 8.51. The molecule has 1 unspecified atom stereocenters. The quantitative estimate of drug-likeness (QED) is 0.295. The normalized spacial score (nSPS) is 13.7. The minimum Gasteiger partial charge on any atom is -0.854 e. The molecule has 1 saturated heterocycles. The van der Waals surface area contributed by atoms with Gasteiger partial charge in [-0.15, -0.1) is 18.2 Å². The van der Waals surface area contributed by atoms with Gasteiger partial charge < -0.3 is 5.11 Å². The molecule has 0 N–H and O–H groups in total. The second kappa shape index (κ2) is 26.0. The van der Waals surface area contributed by atoms with Crippen molar-refractivity contribution < 1.29 is 56.5 Å². The Bertz CT molecular complexity index is 658. The summed E-state index contributed by atoms with van der Waals surface area (Å²) >= 11 is 9.55. The van der Waals surface area contributed by atoms with Crippen LogP contribution in [0.3, 0.4) is 0 Å². The van der Waals surface area contributed by atoms with E-state index in [1.165, 1.54) is 29.7 Å². The number of thioether (sulfide) groups is 2. The number of aryl methyl sites for hydroxylation is 2. The number of nitrogens with zero attached hydrogens (tertiary/aromatic N) is 2. The van der Waals surface area contributed by atoms with E-state index >= 15 is 0 Å². The first-order valence-electron chi connectivity index (χ1n) is 10.8. The van der Waals surface area contributed by atoms with Crippen molar-refractivity contribution in [2.24, 2.45) is 0 Å². The summed E-state index contributed by atoms with van der Waals surface area (Å²) in [5.74, 6) is 4.26. The van der Waals surface area contributed by atoms with E-state index in [0.29, 0.717) is 0 Å². The number of hydrogen-bond acceptors (Lipinski definition) is 5. The van der Waals surface area contributed by atoms with Crippen LogP contribution in [0.2, 0.25) is 0 Å². The van der Waals surface area contributed by atoms with Crippen molar-refractivity contribution in [1.29, 1.82) is 0 Å². The van der Waals surface area contributed by atoms with Crippen molar-refractivity contribution >= 4 is 43.5 Å². The molecule has 0 saturated carbocycles. The topological polar surface area (TPSA) is 48.8 Å². The fourth-order valence-electron chi connectivity index (χ4n) is 2.59. The van der Waals surface area contributed by atoms with Crippen LogP contribution in [0.4, 0.5) is 0 Å². The first-order valence-corrected chi connectivity index (χ1v) is 13.5. The fourth-order valence-corrected chi connectivity index (χ4v) is 5.06. The Kier molecular flexibility index (Phi) is 30.3. The van der Waals surface area contributed by atoms with Gasteiger partial charge in [-0.25, -0.2) is 0 Å². The van der Waals surface area contributed by atoms with E-state index in [0.717, 1.165) is 53.3 Å². The second-order valence-electron chi connectivity index (χ2n) is 7.20. The molecule has 1 aliphatic heterocycles. The predicted molar refractivity (Wildman–Crippen MR) is 146 cm³/mol. The first kappa shape index (κ1) is 38.5. The molecule has 0 amide bonds. The van der Waals surface area contributed by atoms with Gasteiger partial charge in [0.1, 0.15) is 0 Å². The molecule has 1 fully saturated rings. The minimum absolute atomic E-state index is 0. The summed E-state index contributed by atoms with van der Waals surface area (Å²) in [6.45, 7) is 6.14. The van der Waals surface area contributed by atoms with E-state index in [-0.39, 0.29) is 73.8 Å². The maximum absolute atomic E-state index is 9.53. The molecule has 3 radical (unpaired) electrons. The number of alkyl halides is 1. The molecule has 8 heteroatoms. The van der Waals surface area contributed by atoms with Crippen LogP contribution in [-0.4, -0.2) is 42.4 Å². The number of pyridine rings is 2. The SMILES string of the molecule is C.CCCC[O-].Cc1ccc(C2CCCS2)cn1.Cc1ccc(CSCCCCl)cn1.[B].[K+]. The van der Waals surface area contributed by atoms with Crippen molar-refractivity contribution in [3.63, 3.8) is 0 Å². The Morgan fingerprint density at radius 2 is 1.76 bits per heavy atom. The Morgan fingerprint density at radius 3 is 2.18 bits per heavy atom. The van der Waals surface area contributed by atoms with Crippen LogP contribution in [0.1, 0.15) is 74.2 Å². The largest absolute Gasteiger partial charge is 1.00 e. The van der Waals surface area contributed by atoms with Crippen molar-refractivity contribution in [2.75, 3.05) is 24.0 Å². The van der Waals surface area contributed by atoms with Gasteiger partial charge in [-0.1, -0.05) is 39.3 Å². The Labute approximate surface area is 261 Å². The predicted octanol–water partition coefficient (Wildman–Crippen LogP) is 3.62. The Balaban J connectivity index is -0.000000424. The molecule has 1 atom stereocenters. The van der Waals surface area contributed by atoms with Crippen molar-refractivity contribution in [1.82, 2.24) is 9.97 Å². The van der Waals surface area contributed by atoms with Crippen LogP contribution in [0, 0.1) is 13.8 Å². The number of hydrogen-bond donors (Lipinski definition) is 0. The van der Waals surface area contributed by atoms with Crippen LogP contribution in [0.25, 0.3) is 0 Å². The fraction of sp³-hybridized carbons (Fsp3) is 0.600. The molecule has 0 aliphatic carbocycles. The summed E-state index contributed by atoms with van der Waals surface area (Å²) in [5.41, 5.74) is 4.89. The summed E-state index contributed by atoms with van der Waals surface area (Å²) in [5, 5.41) is 10.3. The van der Waals surface area contributed by atoms with Gasteiger partial charge in [0.2, 0.25) is 0 Å². The van der Waals surface area contributed by atoms with E-state index < -0.39 is 0 Å². The molecule has 0 aromatic carbocycles. The third kappa shape index (κ3) is 19.8. The molecule has 0 bridgehead atoms. The van der Waals surface area contributed by atoms with Crippen molar-refractivity contribution in [2.45, 2.75) is 71.3 Å². The summed E-state index contributed by atoms with van der Waals surface area (Å²) in [7, 11) is 0. The zero-order valence-corrected chi connectivity index (χ0v) is 25.7. The van der Waals surface area contributed by atoms with Crippen LogP contribution in [0.15, 0.2) is 36.7 Å². The average molecular weight is 534 g/mol. The smallest absolute Gasteiger partial charge is 0.854 e. The molecule has 0 spiro atoms. The maximum atomic E-state index is 9.53. The van der Waals surface area contributed by atoms with Gasteiger partial charge in [0.05, 0.1) is 0 Å². The van der Waals surface area contributed by atoms with E-state index in [4.69, 9.17) is 11.6 Å². The Morgan fingerprint density at radius 1 is 1.09 bits per heavy atom. The number of unbranched alkanes of at least 4 members (excludes halogenated alkanes) is 1. The van der Waals surface area contributed by atoms with Gasteiger partial charge >= 0.3 is 51.4 Å². The molecule has 3 nitrogen and oxygen atoms in total. The molecular weight excluding hydrogens is 494 g/mol. The number of rotatable bonds is 8. The summed E-state index contributed by atoms with van der Waals surface area (Å²) in [4.78, 5) is 8.55. The molecule has 179 valence electrons. The van der Waals surface area contributed by atoms with Gasteiger partial charge in [-0.2, -0.15) is 23.5 Å². The van der Waals surface area contributed by atoms with E-state index in [1.54, 1.807) is 0 Å². The second-order valence-corrected chi connectivity index (χ2v) is 9.99. The average Bonchev–Trinajstić information content (AvgIpc) is 3.30.